The molecule has 0 amide bonds. The first-order chi connectivity index (χ1) is 10.3. The van der Waals surface area contributed by atoms with E-state index in [0.717, 1.165) is 11.1 Å². The van der Waals surface area contributed by atoms with Crippen LogP contribution in [0.5, 0.6) is 0 Å². The van der Waals surface area contributed by atoms with E-state index < -0.39 is 0 Å². The molecule has 1 aliphatic rings. The van der Waals surface area contributed by atoms with E-state index in [0.29, 0.717) is 4.91 Å². The van der Waals surface area contributed by atoms with Gasteiger partial charge in [0.1, 0.15) is 17.1 Å². The van der Waals surface area contributed by atoms with Gasteiger partial charge in [0.25, 0.3) is 0 Å². The van der Waals surface area contributed by atoms with Gasteiger partial charge in [-0.3, -0.25) is 0 Å². The van der Waals surface area contributed by atoms with Crippen LogP contribution in [0.15, 0.2) is 71.5 Å². The summed E-state index contributed by atoms with van der Waals surface area (Å²) in [5.41, 5.74) is 8.05. The average molecular weight is 294 g/mol. The van der Waals surface area contributed by atoms with Gasteiger partial charge in [0.15, 0.2) is 0 Å². The molecular formula is C17H14N2OS. The first-order valence-corrected chi connectivity index (χ1v) is 7.50. The van der Waals surface area contributed by atoms with Gasteiger partial charge in [-0.2, -0.15) is 5.26 Å². The summed E-state index contributed by atoms with van der Waals surface area (Å²) in [5.74, 6) is 0.212. The predicted octanol–water partition coefficient (Wildman–Crippen LogP) is 3.88. The quantitative estimate of drug-likeness (QED) is 0.913. The molecule has 0 fully saturated rings. The predicted molar refractivity (Wildman–Crippen MR) is 83.9 cm³/mol. The highest BCUT2D eigenvalue weighted by atomic mass is 32.2. The molecule has 0 saturated carbocycles. The highest BCUT2D eigenvalue weighted by molar-refractivity contribution is 8.03. The van der Waals surface area contributed by atoms with Crippen molar-refractivity contribution in [2.24, 2.45) is 5.73 Å². The molecule has 0 saturated heterocycles. The normalized spacial score (nSPS) is 21.5. The van der Waals surface area contributed by atoms with Gasteiger partial charge in [-0.15, -0.1) is 0 Å². The second kappa shape index (κ2) is 5.94. The number of thioether (sulfide) groups is 1. The van der Waals surface area contributed by atoms with E-state index in [2.05, 4.69) is 6.07 Å². The Morgan fingerprint density at radius 1 is 0.952 bits per heavy atom. The summed E-state index contributed by atoms with van der Waals surface area (Å²) < 4.78 is 5.86. The van der Waals surface area contributed by atoms with E-state index >= 15 is 0 Å². The molecule has 0 spiro atoms. The molecular weight excluding hydrogens is 280 g/mol. The minimum absolute atomic E-state index is 0.00977. The van der Waals surface area contributed by atoms with Gasteiger partial charge in [-0.05, 0) is 11.1 Å². The Morgan fingerprint density at radius 2 is 1.52 bits per heavy atom. The third-order valence-electron chi connectivity index (χ3n) is 3.36. The molecule has 3 rings (SSSR count). The zero-order valence-electron chi connectivity index (χ0n) is 11.3. The van der Waals surface area contributed by atoms with Gasteiger partial charge in [-0.25, -0.2) is 0 Å². The number of nitrogens with zero attached hydrogens (tertiary/aromatic N) is 1. The molecule has 2 aromatic carbocycles. The van der Waals surface area contributed by atoms with Crippen molar-refractivity contribution >= 4 is 11.8 Å². The molecule has 2 N–H and O–H groups in total. The minimum Gasteiger partial charge on any atom is -0.468 e. The van der Waals surface area contributed by atoms with Crippen molar-refractivity contribution in [3.05, 3.63) is 82.6 Å². The van der Waals surface area contributed by atoms with Crippen molar-refractivity contribution in [3.63, 3.8) is 0 Å². The van der Waals surface area contributed by atoms with E-state index in [-0.39, 0.29) is 17.2 Å². The second-order valence-corrected chi connectivity index (χ2v) is 5.86. The number of allylic oxidation sites excluding steroid dienone is 1. The van der Waals surface area contributed by atoms with E-state index in [1.54, 1.807) is 0 Å². The first kappa shape index (κ1) is 13.6. The zero-order chi connectivity index (χ0) is 14.7. The summed E-state index contributed by atoms with van der Waals surface area (Å²) in [6.45, 7) is 0. The number of nitriles is 1. The fourth-order valence-corrected chi connectivity index (χ4v) is 3.45. The molecule has 0 bridgehead atoms. The molecule has 0 aliphatic carbocycles. The maximum atomic E-state index is 9.19. The Labute approximate surface area is 128 Å². The lowest BCUT2D eigenvalue weighted by Gasteiger charge is -2.32. The monoisotopic (exact) mass is 294 g/mol. The SMILES string of the molecule is N#CC1=C(N)O[C@@H](c2ccccc2)[C@@H](c2ccccc2)S1. The largest absolute Gasteiger partial charge is 0.468 e. The smallest absolute Gasteiger partial charge is 0.209 e. The molecule has 3 nitrogen and oxygen atoms in total. The number of benzene rings is 2. The fourth-order valence-electron chi connectivity index (χ4n) is 2.35. The van der Waals surface area contributed by atoms with Crippen LogP contribution in [-0.4, -0.2) is 0 Å². The van der Waals surface area contributed by atoms with Crippen LogP contribution in [0.1, 0.15) is 22.5 Å². The van der Waals surface area contributed by atoms with Crippen LogP contribution in [0, 0.1) is 11.3 Å². The lowest BCUT2D eigenvalue weighted by atomic mass is 10.0. The van der Waals surface area contributed by atoms with Crippen molar-refractivity contribution in [2.45, 2.75) is 11.4 Å². The maximum Gasteiger partial charge on any atom is 0.209 e. The zero-order valence-corrected chi connectivity index (χ0v) is 12.1. The molecule has 104 valence electrons. The first-order valence-electron chi connectivity index (χ1n) is 6.62. The fraction of sp³-hybridized carbons (Fsp3) is 0.118. The molecule has 4 heteroatoms. The standard InChI is InChI=1S/C17H14N2OS/c18-11-14-17(19)20-15(12-7-3-1-4-8-12)16(21-14)13-9-5-2-6-10-13/h1-10,15-16H,19H2/t15-,16+/m0/s1. The van der Waals surface area contributed by atoms with Crippen LogP contribution in [0.25, 0.3) is 0 Å². The van der Waals surface area contributed by atoms with Gasteiger partial charge < -0.3 is 10.5 Å². The molecule has 2 aromatic rings. The van der Waals surface area contributed by atoms with Crippen LogP contribution < -0.4 is 5.73 Å². The number of hydrogen-bond donors (Lipinski definition) is 1. The van der Waals surface area contributed by atoms with E-state index in [9.17, 15) is 5.26 Å². The molecule has 1 aliphatic heterocycles. The lowest BCUT2D eigenvalue weighted by molar-refractivity contribution is 0.108. The number of hydrogen-bond acceptors (Lipinski definition) is 4. The number of ether oxygens (including phenoxy) is 1. The Bertz CT molecular complexity index is 692. The molecule has 0 unspecified atom stereocenters. The number of nitrogens with two attached hydrogens (primary N) is 1. The van der Waals surface area contributed by atoms with E-state index in [1.807, 2.05) is 60.7 Å². The van der Waals surface area contributed by atoms with Crippen molar-refractivity contribution in [2.75, 3.05) is 0 Å². The minimum atomic E-state index is -0.198. The Kier molecular flexibility index (Phi) is 3.85. The molecule has 0 aromatic heterocycles. The topological polar surface area (TPSA) is 59.0 Å². The highest BCUT2D eigenvalue weighted by Gasteiger charge is 2.34. The average Bonchev–Trinajstić information content (AvgIpc) is 2.56. The second-order valence-electron chi connectivity index (χ2n) is 4.70. The summed E-state index contributed by atoms with van der Waals surface area (Å²) in [7, 11) is 0. The summed E-state index contributed by atoms with van der Waals surface area (Å²) in [6.07, 6.45) is -0.198. The van der Waals surface area contributed by atoms with Gasteiger partial charge in [0, 0.05) is 0 Å². The Morgan fingerprint density at radius 3 is 2.10 bits per heavy atom. The van der Waals surface area contributed by atoms with Gasteiger partial charge in [0.2, 0.25) is 5.88 Å². The third-order valence-corrected chi connectivity index (χ3v) is 4.66. The molecule has 21 heavy (non-hydrogen) atoms. The van der Waals surface area contributed by atoms with E-state index in [4.69, 9.17) is 10.5 Å². The Hall–Kier alpha value is -2.38. The van der Waals surface area contributed by atoms with E-state index in [1.165, 1.54) is 11.8 Å². The van der Waals surface area contributed by atoms with Crippen LogP contribution in [-0.2, 0) is 4.74 Å². The van der Waals surface area contributed by atoms with Crippen LogP contribution in [0.3, 0.4) is 0 Å². The van der Waals surface area contributed by atoms with Crippen LogP contribution >= 0.6 is 11.8 Å². The lowest BCUT2D eigenvalue weighted by Crippen LogP contribution is -2.21. The summed E-state index contributed by atoms with van der Waals surface area (Å²) in [4.78, 5) is 0.441. The van der Waals surface area contributed by atoms with Gasteiger partial charge in [-0.1, -0.05) is 72.4 Å². The van der Waals surface area contributed by atoms with Crippen molar-refractivity contribution in [1.82, 2.24) is 0 Å². The maximum absolute atomic E-state index is 9.19. The highest BCUT2D eigenvalue weighted by Crippen LogP contribution is 2.49. The summed E-state index contributed by atoms with van der Waals surface area (Å²) in [6, 6.07) is 22.1. The van der Waals surface area contributed by atoms with Crippen LogP contribution in [0.2, 0.25) is 0 Å². The van der Waals surface area contributed by atoms with Crippen molar-refractivity contribution < 1.29 is 4.74 Å². The van der Waals surface area contributed by atoms with Crippen LogP contribution in [0.4, 0.5) is 0 Å². The van der Waals surface area contributed by atoms with Crippen molar-refractivity contribution in [3.8, 4) is 6.07 Å². The van der Waals surface area contributed by atoms with Gasteiger partial charge in [0.05, 0.1) is 5.25 Å². The molecule has 2 atom stereocenters. The Balaban J connectivity index is 2.04. The number of rotatable bonds is 2. The molecule has 1 heterocycles. The summed E-state index contributed by atoms with van der Waals surface area (Å²) >= 11 is 1.46. The summed E-state index contributed by atoms with van der Waals surface area (Å²) in [5, 5.41) is 9.20. The van der Waals surface area contributed by atoms with Crippen molar-refractivity contribution in [1.29, 1.82) is 5.26 Å². The van der Waals surface area contributed by atoms with Gasteiger partial charge >= 0.3 is 0 Å². The molecule has 0 radical (unpaired) electrons. The third kappa shape index (κ3) is 2.74.